The first-order chi connectivity index (χ1) is 19.8. The molecule has 3 heterocycles. The standard InChI is InChI=1S/C31H38N4O5S/c1-34-16-7-6-15-32-31(37)24-14-17-35-27-18-21(30(36)33-41(34,38)39)10-12-25(27)28(20-8-4-3-5-9-20)29(35)23-13-11-22(40-2)19-26(23)24/h10-13,18-20,24H,3-9,14-17H2,1-2H3,(H,32,37)(H,33,36)/t24-/m0/s1. The van der Waals surface area contributed by atoms with Crippen LogP contribution in [-0.2, 0) is 21.5 Å². The number of aryl methyl sites for hydroxylation is 1. The van der Waals surface area contributed by atoms with E-state index in [1.807, 2.05) is 24.3 Å². The minimum atomic E-state index is -4.00. The van der Waals surface area contributed by atoms with Gasteiger partial charge in [0.2, 0.25) is 5.91 Å². The summed E-state index contributed by atoms with van der Waals surface area (Å²) in [6.45, 7) is 1.28. The molecule has 218 valence electrons. The van der Waals surface area contributed by atoms with Gasteiger partial charge in [0.1, 0.15) is 5.75 Å². The van der Waals surface area contributed by atoms with Crippen molar-refractivity contribution < 1.29 is 22.7 Å². The fourth-order valence-corrected chi connectivity index (χ4v) is 7.75. The molecular weight excluding hydrogens is 540 g/mol. The highest BCUT2D eigenvalue weighted by Crippen LogP contribution is 2.48. The molecule has 0 unspecified atom stereocenters. The van der Waals surface area contributed by atoms with E-state index >= 15 is 0 Å². The van der Waals surface area contributed by atoms with Crippen LogP contribution in [0, 0.1) is 0 Å². The third-order valence-electron chi connectivity index (χ3n) is 9.06. The number of benzene rings is 2. The molecule has 4 bridgehead atoms. The number of aromatic nitrogens is 1. The predicted octanol–water partition coefficient (Wildman–Crippen LogP) is 4.67. The van der Waals surface area contributed by atoms with Gasteiger partial charge in [-0.25, -0.2) is 4.72 Å². The van der Waals surface area contributed by atoms with Crippen LogP contribution in [0.5, 0.6) is 5.75 Å². The van der Waals surface area contributed by atoms with E-state index in [0.717, 1.165) is 50.6 Å². The van der Waals surface area contributed by atoms with Gasteiger partial charge < -0.3 is 14.6 Å². The van der Waals surface area contributed by atoms with Crippen LogP contribution < -0.4 is 14.8 Å². The van der Waals surface area contributed by atoms with Crippen LogP contribution in [0.4, 0.5) is 0 Å². The van der Waals surface area contributed by atoms with Crippen molar-refractivity contribution in [2.75, 3.05) is 27.2 Å². The molecule has 2 aliphatic heterocycles. The molecule has 41 heavy (non-hydrogen) atoms. The smallest absolute Gasteiger partial charge is 0.303 e. The Balaban J connectivity index is 1.59. The SMILES string of the molecule is COc1ccc2c(c1)[C@@H]1CCn3c-2c(C2CCCCC2)c2ccc(cc23)C(=O)NS(=O)(=O)N(C)CCCCNC1=O. The number of rotatable bonds is 2. The number of hydrogen-bond donors (Lipinski definition) is 2. The van der Waals surface area contributed by atoms with Crippen LogP contribution >= 0.6 is 0 Å². The molecule has 0 radical (unpaired) electrons. The third-order valence-corrected chi connectivity index (χ3v) is 10.5. The summed E-state index contributed by atoms with van der Waals surface area (Å²) in [4.78, 5) is 26.9. The Morgan fingerprint density at radius 3 is 2.51 bits per heavy atom. The van der Waals surface area contributed by atoms with Crippen LogP contribution in [0.1, 0.15) is 84.7 Å². The minimum Gasteiger partial charge on any atom is -0.497 e. The normalized spacial score (nSPS) is 22.2. The lowest BCUT2D eigenvalue weighted by atomic mass is 9.80. The maximum Gasteiger partial charge on any atom is 0.303 e. The first-order valence-corrected chi connectivity index (χ1v) is 16.1. The number of ether oxygens (including phenoxy) is 1. The van der Waals surface area contributed by atoms with Gasteiger partial charge in [-0.2, -0.15) is 12.7 Å². The topological polar surface area (TPSA) is 110 Å². The summed E-state index contributed by atoms with van der Waals surface area (Å²) in [5.41, 5.74) is 5.55. The van der Waals surface area contributed by atoms with Gasteiger partial charge in [-0.3, -0.25) is 9.59 Å². The number of nitrogens with zero attached hydrogens (tertiary/aromatic N) is 2. The van der Waals surface area contributed by atoms with Gasteiger partial charge in [-0.05, 0) is 79.5 Å². The van der Waals surface area contributed by atoms with Gasteiger partial charge in [-0.1, -0.05) is 25.3 Å². The number of hydrogen-bond acceptors (Lipinski definition) is 5. The fraction of sp³-hybridized carbons (Fsp3) is 0.484. The lowest BCUT2D eigenvalue weighted by Crippen LogP contribution is -2.42. The average molecular weight is 579 g/mol. The molecule has 2 aromatic carbocycles. The second kappa shape index (κ2) is 11.1. The largest absolute Gasteiger partial charge is 0.497 e. The van der Waals surface area contributed by atoms with Gasteiger partial charge in [0.25, 0.3) is 5.91 Å². The Labute approximate surface area is 241 Å². The molecule has 1 atom stereocenters. The van der Waals surface area contributed by atoms with Crippen LogP contribution in [0.15, 0.2) is 36.4 Å². The Kier molecular flexibility index (Phi) is 7.54. The highest BCUT2D eigenvalue weighted by molar-refractivity contribution is 7.87. The number of amides is 2. The van der Waals surface area contributed by atoms with Crippen molar-refractivity contribution >= 4 is 32.9 Å². The fourth-order valence-electron chi connectivity index (χ4n) is 6.87. The summed E-state index contributed by atoms with van der Waals surface area (Å²) >= 11 is 0. The zero-order valence-electron chi connectivity index (χ0n) is 23.7. The zero-order chi connectivity index (χ0) is 28.7. The quantitative estimate of drug-likeness (QED) is 0.460. The van der Waals surface area contributed by atoms with Crippen LogP contribution in [0.3, 0.4) is 0 Å². The van der Waals surface area contributed by atoms with E-state index in [1.165, 1.54) is 31.9 Å². The molecule has 2 N–H and O–H groups in total. The van der Waals surface area contributed by atoms with Crippen molar-refractivity contribution in [3.05, 3.63) is 53.1 Å². The molecule has 0 spiro atoms. The summed E-state index contributed by atoms with van der Waals surface area (Å²) in [5, 5.41) is 4.20. The van der Waals surface area contributed by atoms with Gasteiger partial charge >= 0.3 is 10.2 Å². The Morgan fingerprint density at radius 1 is 0.927 bits per heavy atom. The van der Waals surface area contributed by atoms with E-state index in [1.54, 1.807) is 13.2 Å². The van der Waals surface area contributed by atoms with Crippen LogP contribution in [0.25, 0.3) is 22.2 Å². The van der Waals surface area contributed by atoms with Crippen molar-refractivity contribution in [3.63, 3.8) is 0 Å². The predicted molar refractivity (Wildman–Crippen MR) is 158 cm³/mol. The number of carbonyl (C=O) groups is 2. The monoisotopic (exact) mass is 578 g/mol. The molecule has 6 rings (SSSR count). The molecule has 9 nitrogen and oxygen atoms in total. The van der Waals surface area contributed by atoms with Gasteiger partial charge in [0.15, 0.2) is 0 Å². The highest BCUT2D eigenvalue weighted by Gasteiger charge is 2.34. The van der Waals surface area contributed by atoms with Gasteiger partial charge in [-0.15, -0.1) is 0 Å². The second-order valence-electron chi connectivity index (χ2n) is 11.5. The molecular formula is C31H38N4O5S. The summed E-state index contributed by atoms with van der Waals surface area (Å²) < 4.78 is 37.1. The van der Waals surface area contributed by atoms with E-state index in [4.69, 9.17) is 4.74 Å². The zero-order valence-corrected chi connectivity index (χ0v) is 24.6. The average Bonchev–Trinajstić information content (AvgIpc) is 3.19. The number of nitrogens with one attached hydrogen (secondary N) is 2. The molecule has 1 aliphatic carbocycles. The van der Waals surface area contributed by atoms with Crippen molar-refractivity contribution in [1.82, 2.24) is 18.9 Å². The maximum atomic E-state index is 13.7. The third kappa shape index (κ3) is 5.12. The maximum absolute atomic E-state index is 13.7. The van der Waals surface area contributed by atoms with E-state index in [2.05, 4.69) is 20.7 Å². The van der Waals surface area contributed by atoms with Crippen LogP contribution in [-0.4, -0.2) is 56.4 Å². The first kappa shape index (κ1) is 27.8. The lowest BCUT2D eigenvalue weighted by Gasteiger charge is -2.24. The minimum absolute atomic E-state index is 0.0309. The Bertz CT molecular complexity index is 1610. The number of methoxy groups -OCH3 is 1. The van der Waals surface area contributed by atoms with Crippen molar-refractivity contribution in [2.45, 2.75) is 69.7 Å². The molecule has 3 aliphatic rings. The molecule has 0 saturated heterocycles. The molecule has 1 fully saturated rings. The van der Waals surface area contributed by atoms with Crippen molar-refractivity contribution in [3.8, 4) is 17.0 Å². The Hall–Kier alpha value is -3.37. The molecule has 1 aromatic heterocycles. The summed E-state index contributed by atoms with van der Waals surface area (Å²) in [5.74, 6) is 0.0451. The van der Waals surface area contributed by atoms with E-state index in [0.29, 0.717) is 43.8 Å². The number of carbonyl (C=O) groups excluding carboxylic acids is 2. The highest BCUT2D eigenvalue weighted by atomic mass is 32.2. The van der Waals surface area contributed by atoms with Crippen molar-refractivity contribution in [1.29, 1.82) is 0 Å². The Morgan fingerprint density at radius 2 is 1.73 bits per heavy atom. The molecule has 10 heteroatoms. The molecule has 2 amide bonds. The van der Waals surface area contributed by atoms with Crippen molar-refractivity contribution in [2.24, 2.45) is 0 Å². The van der Waals surface area contributed by atoms with E-state index in [-0.39, 0.29) is 18.4 Å². The van der Waals surface area contributed by atoms with E-state index < -0.39 is 16.1 Å². The van der Waals surface area contributed by atoms with Gasteiger partial charge in [0.05, 0.1) is 18.7 Å². The van der Waals surface area contributed by atoms with Gasteiger partial charge in [0, 0.05) is 48.7 Å². The first-order valence-electron chi connectivity index (χ1n) is 14.7. The summed E-state index contributed by atoms with van der Waals surface area (Å²) in [6, 6.07) is 11.6. The second-order valence-corrected chi connectivity index (χ2v) is 13.3. The molecule has 1 saturated carbocycles. The summed E-state index contributed by atoms with van der Waals surface area (Å²) in [6.07, 6.45) is 7.51. The van der Waals surface area contributed by atoms with Crippen LogP contribution in [0.2, 0.25) is 0 Å². The number of fused-ring (bicyclic) bond motifs is 6. The molecule has 3 aromatic rings. The summed E-state index contributed by atoms with van der Waals surface area (Å²) in [7, 11) is -0.903. The van der Waals surface area contributed by atoms with E-state index in [9.17, 15) is 18.0 Å². The lowest BCUT2D eigenvalue weighted by molar-refractivity contribution is -0.122.